The summed E-state index contributed by atoms with van der Waals surface area (Å²) in [5, 5.41) is 3.09. The first kappa shape index (κ1) is 22.5. The highest BCUT2D eigenvalue weighted by atomic mass is 35.5. The Hall–Kier alpha value is -1.59. The molecule has 0 bridgehead atoms. The largest absolute Gasteiger partial charge is 0.340 e. The number of benzene rings is 1. The van der Waals surface area contributed by atoms with Gasteiger partial charge in [-0.1, -0.05) is 25.1 Å². The number of rotatable bonds is 8. The Morgan fingerprint density at radius 2 is 1.85 bits per heavy atom. The van der Waals surface area contributed by atoms with Crippen LogP contribution in [0.4, 0.5) is 0 Å². The molecule has 0 radical (unpaired) electrons. The van der Waals surface area contributed by atoms with Crippen molar-refractivity contribution in [2.24, 2.45) is 0 Å². The Morgan fingerprint density at radius 3 is 2.42 bits per heavy atom. The minimum atomic E-state index is 0. The van der Waals surface area contributed by atoms with E-state index in [1.165, 1.54) is 0 Å². The molecule has 0 saturated carbocycles. The van der Waals surface area contributed by atoms with E-state index < -0.39 is 0 Å². The van der Waals surface area contributed by atoms with Crippen molar-refractivity contribution in [1.82, 2.24) is 15.1 Å². The van der Waals surface area contributed by atoms with Crippen LogP contribution in [0.3, 0.4) is 0 Å². The van der Waals surface area contributed by atoms with Crippen LogP contribution in [0.2, 0.25) is 0 Å². The molecule has 1 aliphatic rings. The van der Waals surface area contributed by atoms with Crippen LogP contribution in [0.15, 0.2) is 30.3 Å². The van der Waals surface area contributed by atoms with Gasteiger partial charge in [0.1, 0.15) is 0 Å². The zero-order valence-electron chi connectivity index (χ0n) is 15.9. The lowest BCUT2D eigenvalue weighted by Gasteiger charge is -2.38. The Bertz CT molecular complexity index is 545. The standard InChI is InChI=1S/C20H31N3O2.ClH/c1-3-14-23(19(24)10-7-13-21-2)18-11-15-22(16-12-18)20(25)17-8-5-4-6-9-17;/h4-6,8-9,18,21H,3,7,10-16H2,1-2H3;1H. The molecule has 1 aliphatic heterocycles. The second kappa shape index (κ2) is 11.9. The van der Waals surface area contributed by atoms with Gasteiger partial charge in [-0.05, 0) is 51.4 Å². The lowest BCUT2D eigenvalue weighted by atomic mass is 10.0. The van der Waals surface area contributed by atoms with Crippen LogP contribution in [0.1, 0.15) is 49.4 Å². The lowest BCUT2D eigenvalue weighted by molar-refractivity contribution is -0.134. The van der Waals surface area contributed by atoms with Crippen LogP contribution in [-0.4, -0.2) is 60.9 Å². The van der Waals surface area contributed by atoms with Crippen molar-refractivity contribution in [3.63, 3.8) is 0 Å². The van der Waals surface area contributed by atoms with Crippen LogP contribution >= 0.6 is 12.4 Å². The van der Waals surface area contributed by atoms with Crippen molar-refractivity contribution in [1.29, 1.82) is 0 Å². The molecular weight excluding hydrogens is 350 g/mol. The SMILES string of the molecule is CCCN(C(=O)CCCNC)C1CCN(C(=O)c2ccccc2)CC1.Cl. The number of nitrogens with one attached hydrogen (secondary N) is 1. The number of hydrogen-bond donors (Lipinski definition) is 1. The number of piperidine rings is 1. The van der Waals surface area contributed by atoms with E-state index in [4.69, 9.17) is 0 Å². The zero-order chi connectivity index (χ0) is 18.1. The first-order valence-electron chi connectivity index (χ1n) is 9.45. The van der Waals surface area contributed by atoms with E-state index in [1.54, 1.807) is 0 Å². The third-order valence-electron chi connectivity index (χ3n) is 4.82. The van der Waals surface area contributed by atoms with E-state index in [2.05, 4.69) is 17.1 Å². The molecule has 1 aromatic carbocycles. The fraction of sp³-hybridized carbons (Fsp3) is 0.600. The topological polar surface area (TPSA) is 52.7 Å². The molecule has 5 nitrogen and oxygen atoms in total. The van der Waals surface area contributed by atoms with Gasteiger partial charge in [0, 0.05) is 37.7 Å². The third-order valence-corrected chi connectivity index (χ3v) is 4.82. The van der Waals surface area contributed by atoms with Crippen LogP contribution < -0.4 is 5.32 Å². The quantitative estimate of drug-likeness (QED) is 0.704. The minimum absolute atomic E-state index is 0. The van der Waals surface area contributed by atoms with E-state index in [0.717, 1.165) is 57.4 Å². The number of halogens is 1. The molecule has 1 aromatic rings. The maximum absolute atomic E-state index is 12.6. The summed E-state index contributed by atoms with van der Waals surface area (Å²) < 4.78 is 0. The summed E-state index contributed by atoms with van der Waals surface area (Å²) in [6, 6.07) is 9.71. The number of carbonyl (C=O) groups is 2. The van der Waals surface area contributed by atoms with Crippen molar-refractivity contribution < 1.29 is 9.59 Å². The first-order valence-corrected chi connectivity index (χ1v) is 9.45. The molecule has 1 N–H and O–H groups in total. The molecule has 1 saturated heterocycles. The van der Waals surface area contributed by atoms with Crippen LogP contribution in [0.5, 0.6) is 0 Å². The molecule has 26 heavy (non-hydrogen) atoms. The monoisotopic (exact) mass is 381 g/mol. The van der Waals surface area contributed by atoms with Crippen LogP contribution in [0, 0.1) is 0 Å². The van der Waals surface area contributed by atoms with Crippen LogP contribution in [0.25, 0.3) is 0 Å². The fourth-order valence-corrected chi connectivity index (χ4v) is 3.46. The van der Waals surface area contributed by atoms with Gasteiger partial charge in [-0.15, -0.1) is 12.4 Å². The smallest absolute Gasteiger partial charge is 0.253 e. The van der Waals surface area contributed by atoms with Gasteiger partial charge in [0.05, 0.1) is 0 Å². The minimum Gasteiger partial charge on any atom is -0.340 e. The van der Waals surface area contributed by atoms with Gasteiger partial charge in [-0.25, -0.2) is 0 Å². The Morgan fingerprint density at radius 1 is 1.19 bits per heavy atom. The van der Waals surface area contributed by atoms with E-state index in [-0.39, 0.29) is 30.3 Å². The second-order valence-electron chi connectivity index (χ2n) is 6.68. The second-order valence-corrected chi connectivity index (χ2v) is 6.68. The highest BCUT2D eigenvalue weighted by molar-refractivity contribution is 5.94. The van der Waals surface area contributed by atoms with Gasteiger partial charge in [0.15, 0.2) is 0 Å². The summed E-state index contributed by atoms with van der Waals surface area (Å²) in [5.41, 5.74) is 0.745. The van der Waals surface area contributed by atoms with Crippen molar-refractivity contribution in [3.05, 3.63) is 35.9 Å². The van der Waals surface area contributed by atoms with Crippen molar-refractivity contribution in [2.45, 2.75) is 45.1 Å². The van der Waals surface area contributed by atoms with Gasteiger partial charge < -0.3 is 15.1 Å². The molecule has 1 fully saturated rings. The molecule has 0 atom stereocenters. The zero-order valence-corrected chi connectivity index (χ0v) is 16.8. The van der Waals surface area contributed by atoms with Crippen molar-refractivity contribution in [3.8, 4) is 0 Å². The molecular formula is C20H32ClN3O2. The Kier molecular flexibility index (Phi) is 10.3. The van der Waals surface area contributed by atoms with Gasteiger partial charge in [-0.3, -0.25) is 9.59 Å². The summed E-state index contributed by atoms with van der Waals surface area (Å²) in [5.74, 6) is 0.353. The lowest BCUT2D eigenvalue weighted by Crippen LogP contribution is -2.49. The van der Waals surface area contributed by atoms with E-state index in [9.17, 15) is 9.59 Å². The maximum atomic E-state index is 12.6. The number of hydrogen-bond acceptors (Lipinski definition) is 3. The fourth-order valence-electron chi connectivity index (χ4n) is 3.46. The highest BCUT2D eigenvalue weighted by Crippen LogP contribution is 2.20. The summed E-state index contributed by atoms with van der Waals surface area (Å²) >= 11 is 0. The average molecular weight is 382 g/mol. The van der Waals surface area contributed by atoms with E-state index in [0.29, 0.717) is 6.42 Å². The predicted molar refractivity (Wildman–Crippen MR) is 108 cm³/mol. The van der Waals surface area contributed by atoms with Gasteiger partial charge in [-0.2, -0.15) is 0 Å². The number of carbonyl (C=O) groups excluding carboxylic acids is 2. The molecule has 2 amide bonds. The Labute approximate surface area is 163 Å². The van der Waals surface area contributed by atoms with E-state index >= 15 is 0 Å². The van der Waals surface area contributed by atoms with Gasteiger partial charge in [0.2, 0.25) is 5.91 Å². The molecule has 2 rings (SSSR count). The molecule has 1 heterocycles. The Balaban J connectivity index is 0.00000338. The highest BCUT2D eigenvalue weighted by Gasteiger charge is 2.29. The summed E-state index contributed by atoms with van der Waals surface area (Å²) in [6.45, 7) is 5.25. The molecule has 146 valence electrons. The van der Waals surface area contributed by atoms with Crippen LogP contribution in [-0.2, 0) is 4.79 Å². The summed E-state index contributed by atoms with van der Waals surface area (Å²) in [7, 11) is 1.91. The van der Waals surface area contributed by atoms with Gasteiger partial charge >= 0.3 is 0 Å². The first-order chi connectivity index (χ1) is 12.2. The molecule has 6 heteroatoms. The van der Waals surface area contributed by atoms with E-state index in [1.807, 2.05) is 42.3 Å². The maximum Gasteiger partial charge on any atom is 0.253 e. The molecule has 0 unspecified atom stereocenters. The molecule has 0 spiro atoms. The number of amides is 2. The molecule has 0 aromatic heterocycles. The summed E-state index contributed by atoms with van der Waals surface area (Å²) in [4.78, 5) is 29.1. The summed E-state index contributed by atoms with van der Waals surface area (Å²) in [6.07, 6.45) is 4.19. The predicted octanol–water partition coefficient (Wildman–Crippen LogP) is 2.95. The normalized spacial score (nSPS) is 14.6. The number of nitrogens with zero attached hydrogens (tertiary/aromatic N) is 2. The number of likely N-dealkylation sites (tertiary alicyclic amines) is 1. The van der Waals surface area contributed by atoms with Crippen molar-refractivity contribution in [2.75, 3.05) is 33.2 Å². The third kappa shape index (κ3) is 6.29. The average Bonchev–Trinajstić information content (AvgIpc) is 2.66. The van der Waals surface area contributed by atoms with Crippen molar-refractivity contribution >= 4 is 24.2 Å². The van der Waals surface area contributed by atoms with Gasteiger partial charge in [0.25, 0.3) is 5.91 Å². The molecule has 0 aliphatic carbocycles.